The highest BCUT2D eigenvalue weighted by atomic mass is 79.9. The van der Waals surface area contributed by atoms with E-state index in [1.165, 1.54) is 11.1 Å². The summed E-state index contributed by atoms with van der Waals surface area (Å²) in [6.07, 6.45) is 0. The normalized spacial score (nSPS) is 11.0. The molecule has 1 nitrogen and oxygen atoms in total. The van der Waals surface area contributed by atoms with Gasteiger partial charge in [-0.3, -0.25) is 0 Å². The van der Waals surface area contributed by atoms with Crippen LogP contribution in [0.3, 0.4) is 0 Å². The Balaban J connectivity index is 1.89. The van der Waals surface area contributed by atoms with Gasteiger partial charge in [0.15, 0.2) is 0 Å². The number of hydrogen-bond donors (Lipinski definition) is 0. The number of nitrogens with zero attached hydrogens (tertiary/aromatic N) is 1. The molecule has 2 aromatic carbocycles. The van der Waals surface area contributed by atoms with Crippen LogP contribution in [-0.4, -0.2) is 4.98 Å². The van der Waals surface area contributed by atoms with Crippen LogP contribution in [0.2, 0.25) is 0 Å². The number of aromatic nitrogens is 1. The highest BCUT2D eigenvalue weighted by molar-refractivity contribution is 9.10. The fraction of sp³-hybridized carbons (Fsp3) is 0.167. The molecule has 0 atom stereocenters. The number of halogens is 1. The van der Waals surface area contributed by atoms with Gasteiger partial charge < -0.3 is 0 Å². The maximum Gasteiger partial charge on any atom is 0.124 e. The van der Waals surface area contributed by atoms with Crippen LogP contribution in [-0.2, 0) is 0 Å². The largest absolute Gasteiger partial charge is 0.236 e. The van der Waals surface area contributed by atoms with Crippen LogP contribution < -0.4 is 0 Å². The van der Waals surface area contributed by atoms with Crippen molar-refractivity contribution < 1.29 is 0 Å². The third kappa shape index (κ3) is 3.25. The molecular formula is C18H16BrNS. The predicted molar refractivity (Wildman–Crippen MR) is 94.8 cm³/mol. The first-order valence-electron chi connectivity index (χ1n) is 6.95. The van der Waals surface area contributed by atoms with Crippen LogP contribution >= 0.6 is 27.3 Å². The van der Waals surface area contributed by atoms with Gasteiger partial charge in [-0.1, -0.05) is 66.2 Å². The van der Waals surface area contributed by atoms with Gasteiger partial charge in [-0.15, -0.1) is 11.3 Å². The van der Waals surface area contributed by atoms with Gasteiger partial charge in [-0.2, -0.15) is 0 Å². The SMILES string of the molecule is CC(C)c1ccc(-c2nc(-c3ccc(Br)cc3)cs2)cc1. The summed E-state index contributed by atoms with van der Waals surface area (Å²) in [5.41, 5.74) is 4.74. The Hall–Kier alpha value is -1.45. The summed E-state index contributed by atoms with van der Waals surface area (Å²) < 4.78 is 1.09. The fourth-order valence-corrected chi connectivity index (χ4v) is 3.27. The summed E-state index contributed by atoms with van der Waals surface area (Å²) >= 11 is 5.15. The van der Waals surface area contributed by atoms with Crippen molar-refractivity contribution in [1.29, 1.82) is 0 Å². The zero-order valence-corrected chi connectivity index (χ0v) is 14.4. The van der Waals surface area contributed by atoms with Crippen molar-refractivity contribution in [3.05, 3.63) is 63.9 Å². The molecule has 0 radical (unpaired) electrons. The molecule has 1 aromatic heterocycles. The minimum absolute atomic E-state index is 0.564. The lowest BCUT2D eigenvalue weighted by Crippen LogP contribution is -1.86. The smallest absolute Gasteiger partial charge is 0.124 e. The molecule has 3 aromatic rings. The van der Waals surface area contributed by atoms with E-state index >= 15 is 0 Å². The molecule has 0 amide bonds. The Morgan fingerprint density at radius 3 is 2.14 bits per heavy atom. The maximum absolute atomic E-state index is 4.76. The third-order valence-corrected chi connectivity index (χ3v) is 4.89. The Morgan fingerprint density at radius 1 is 0.905 bits per heavy atom. The molecule has 3 heteroatoms. The van der Waals surface area contributed by atoms with Crippen molar-refractivity contribution in [3.63, 3.8) is 0 Å². The zero-order chi connectivity index (χ0) is 14.8. The second-order valence-corrected chi connectivity index (χ2v) is 7.10. The Bertz CT molecular complexity index is 727. The van der Waals surface area contributed by atoms with E-state index in [0.29, 0.717) is 5.92 Å². The molecule has 0 aliphatic rings. The van der Waals surface area contributed by atoms with Crippen LogP contribution in [0.25, 0.3) is 21.8 Å². The molecule has 0 saturated heterocycles. The van der Waals surface area contributed by atoms with Crippen molar-refractivity contribution in [2.45, 2.75) is 19.8 Å². The van der Waals surface area contributed by atoms with Crippen molar-refractivity contribution in [3.8, 4) is 21.8 Å². The van der Waals surface area contributed by atoms with E-state index in [2.05, 4.69) is 71.6 Å². The van der Waals surface area contributed by atoms with Gasteiger partial charge in [0.25, 0.3) is 0 Å². The second-order valence-electron chi connectivity index (χ2n) is 5.32. The lowest BCUT2D eigenvalue weighted by atomic mass is 10.0. The summed E-state index contributed by atoms with van der Waals surface area (Å²) in [4.78, 5) is 4.76. The van der Waals surface area contributed by atoms with Crippen molar-refractivity contribution in [1.82, 2.24) is 4.98 Å². The number of hydrogen-bond acceptors (Lipinski definition) is 2. The zero-order valence-electron chi connectivity index (χ0n) is 12.0. The van der Waals surface area contributed by atoms with E-state index in [1.54, 1.807) is 11.3 Å². The lowest BCUT2D eigenvalue weighted by Gasteiger charge is -2.05. The Morgan fingerprint density at radius 2 is 1.52 bits per heavy atom. The van der Waals surface area contributed by atoms with Crippen LogP contribution in [0, 0.1) is 0 Å². The summed E-state index contributed by atoms with van der Waals surface area (Å²) in [5, 5.41) is 3.19. The number of rotatable bonds is 3. The summed E-state index contributed by atoms with van der Waals surface area (Å²) in [7, 11) is 0. The highest BCUT2D eigenvalue weighted by Crippen LogP contribution is 2.30. The maximum atomic E-state index is 4.76. The van der Waals surface area contributed by atoms with Crippen molar-refractivity contribution >= 4 is 27.3 Å². The Kier molecular flexibility index (Phi) is 4.22. The molecule has 0 N–H and O–H groups in total. The summed E-state index contributed by atoms with van der Waals surface area (Å²) in [5.74, 6) is 0.564. The van der Waals surface area contributed by atoms with Gasteiger partial charge in [0.1, 0.15) is 5.01 Å². The number of thiazole rings is 1. The van der Waals surface area contributed by atoms with E-state index in [9.17, 15) is 0 Å². The lowest BCUT2D eigenvalue weighted by molar-refractivity contribution is 0.867. The average molecular weight is 358 g/mol. The van der Waals surface area contributed by atoms with E-state index in [-0.39, 0.29) is 0 Å². The van der Waals surface area contributed by atoms with Gasteiger partial charge in [0.2, 0.25) is 0 Å². The number of benzene rings is 2. The predicted octanol–water partition coefficient (Wildman–Crippen LogP) is 6.36. The monoisotopic (exact) mass is 357 g/mol. The molecule has 0 aliphatic carbocycles. The first-order valence-corrected chi connectivity index (χ1v) is 8.62. The van der Waals surface area contributed by atoms with Gasteiger partial charge in [0.05, 0.1) is 5.69 Å². The van der Waals surface area contributed by atoms with Gasteiger partial charge >= 0.3 is 0 Å². The minimum atomic E-state index is 0.564. The third-order valence-electron chi connectivity index (χ3n) is 3.47. The molecule has 0 fully saturated rings. The molecule has 106 valence electrons. The van der Waals surface area contributed by atoms with Crippen molar-refractivity contribution in [2.24, 2.45) is 0 Å². The molecule has 0 bridgehead atoms. The quantitative estimate of drug-likeness (QED) is 0.531. The molecule has 3 rings (SSSR count). The molecule has 0 unspecified atom stereocenters. The first kappa shape index (κ1) is 14.5. The van der Waals surface area contributed by atoms with E-state index < -0.39 is 0 Å². The summed E-state index contributed by atoms with van der Waals surface area (Å²) in [6, 6.07) is 17.0. The molecule has 0 aliphatic heterocycles. The fourth-order valence-electron chi connectivity index (χ4n) is 2.17. The topological polar surface area (TPSA) is 12.9 Å². The van der Waals surface area contributed by atoms with E-state index in [0.717, 1.165) is 20.7 Å². The molecular weight excluding hydrogens is 342 g/mol. The van der Waals surface area contributed by atoms with Crippen molar-refractivity contribution in [2.75, 3.05) is 0 Å². The van der Waals surface area contributed by atoms with E-state index in [1.807, 2.05) is 12.1 Å². The van der Waals surface area contributed by atoms with Crippen LogP contribution in [0.4, 0.5) is 0 Å². The van der Waals surface area contributed by atoms with Gasteiger partial charge in [0, 0.05) is 21.0 Å². The first-order chi connectivity index (χ1) is 10.1. The molecule has 21 heavy (non-hydrogen) atoms. The van der Waals surface area contributed by atoms with Crippen LogP contribution in [0.15, 0.2) is 58.4 Å². The van der Waals surface area contributed by atoms with Crippen LogP contribution in [0.5, 0.6) is 0 Å². The molecule has 1 heterocycles. The molecule has 0 spiro atoms. The summed E-state index contributed by atoms with van der Waals surface area (Å²) in [6.45, 7) is 4.42. The average Bonchev–Trinajstić information content (AvgIpc) is 2.98. The Labute approximate surface area is 137 Å². The van der Waals surface area contributed by atoms with E-state index in [4.69, 9.17) is 4.98 Å². The minimum Gasteiger partial charge on any atom is -0.236 e. The highest BCUT2D eigenvalue weighted by Gasteiger charge is 2.07. The second kappa shape index (κ2) is 6.12. The van der Waals surface area contributed by atoms with Gasteiger partial charge in [-0.25, -0.2) is 4.98 Å². The van der Waals surface area contributed by atoms with Crippen LogP contribution in [0.1, 0.15) is 25.3 Å². The molecule has 0 saturated carbocycles. The van der Waals surface area contributed by atoms with Gasteiger partial charge in [-0.05, 0) is 23.6 Å². The standard InChI is InChI=1S/C18H16BrNS/c1-12(2)13-3-5-15(6-4-13)18-20-17(11-21-18)14-7-9-16(19)10-8-14/h3-12H,1-2H3.